The predicted molar refractivity (Wildman–Crippen MR) is 125 cm³/mol. The SMILES string of the molecule is Cc1cc(Nc2cc(N3CC[C@@](C#N)(C4CC4)C3=O)ccn2)ncc1C(=O)Nc1cnn(C)c1. The van der Waals surface area contributed by atoms with Gasteiger partial charge < -0.3 is 15.5 Å². The van der Waals surface area contributed by atoms with Gasteiger partial charge >= 0.3 is 0 Å². The Morgan fingerprint density at radius 1 is 1.24 bits per heavy atom. The van der Waals surface area contributed by atoms with Crippen LogP contribution in [0.5, 0.6) is 0 Å². The van der Waals surface area contributed by atoms with E-state index in [0.717, 1.165) is 18.4 Å². The molecule has 172 valence electrons. The Labute approximate surface area is 196 Å². The zero-order chi connectivity index (χ0) is 23.9. The zero-order valence-electron chi connectivity index (χ0n) is 18.9. The molecule has 4 heterocycles. The summed E-state index contributed by atoms with van der Waals surface area (Å²) < 4.78 is 1.61. The third-order valence-electron chi connectivity index (χ3n) is 6.46. The summed E-state index contributed by atoms with van der Waals surface area (Å²) >= 11 is 0. The summed E-state index contributed by atoms with van der Waals surface area (Å²) in [7, 11) is 1.78. The molecule has 10 nitrogen and oxygen atoms in total. The first-order chi connectivity index (χ1) is 16.4. The van der Waals surface area contributed by atoms with Crippen molar-refractivity contribution in [1.82, 2.24) is 19.7 Å². The summed E-state index contributed by atoms with van der Waals surface area (Å²) in [5, 5.41) is 19.7. The number of aryl methyl sites for hydroxylation is 2. The minimum Gasteiger partial charge on any atom is -0.325 e. The van der Waals surface area contributed by atoms with Gasteiger partial charge in [0, 0.05) is 43.9 Å². The van der Waals surface area contributed by atoms with E-state index in [1.54, 1.807) is 53.4 Å². The molecule has 1 saturated carbocycles. The summed E-state index contributed by atoms with van der Waals surface area (Å²) in [5.74, 6) is 0.833. The lowest BCUT2D eigenvalue weighted by atomic mass is 9.83. The van der Waals surface area contributed by atoms with E-state index < -0.39 is 5.41 Å². The maximum atomic E-state index is 13.1. The molecule has 1 aliphatic carbocycles. The average Bonchev–Trinajstić information content (AvgIpc) is 3.51. The van der Waals surface area contributed by atoms with Gasteiger partial charge in [-0.3, -0.25) is 14.3 Å². The highest BCUT2D eigenvalue weighted by molar-refractivity contribution is 6.05. The van der Waals surface area contributed by atoms with E-state index in [1.165, 1.54) is 6.20 Å². The minimum atomic E-state index is -0.887. The maximum Gasteiger partial charge on any atom is 0.257 e. The van der Waals surface area contributed by atoms with Crippen LogP contribution in [-0.4, -0.2) is 38.1 Å². The van der Waals surface area contributed by atoms with E-state index in [0.29, 0.717) is 41.5 Å². The van der Waals surface area contributed by atoms with E-state index in [2.05, 4.69) is 31.8 Å². The number of pyridine rings is 2. The third-order valence-corrected chi connectivity index (χ3v) is 6.46. The van der Waals surface area contributed by atoms with Crippen LogP contribution in [0.3, 0.4) is 0 Å². The third kappa shape index (κ3) is 3.85. The van der Waals surface area contributed by atoms with Crippen LogP contribution >= 0.6 is 0 Å². The Morgan fingerprint density at radius 2 is 2.03 bits per heavy atom. The smallest absolute Gasteiger partial charge is 0.257 e. The van der Waals surface area contributed by atoms with Crippen molar-refractivity contribution in [3.8, 4) is 6.07 Å². The number of carbonyl (C=O) groups excluding carboxylic acids is 2. The summed E-state index contributed by atoms with van der Waals surface area (Å²) in [5.41, 5.74) is 1.61. The van der Waals surface area contributed by atoms with Gasteiger partial charge in [-0.1, -0.05) is 0 Å². The molecule has 1 atom stereocenters. The number of carbonyl (C=O) groups is 2. The van der Waals surface area contributed by atoms with Crippen LogP contribution in [0.4, 0.5) is 23.0 Å². The molecule has 2 N–H and O–H groups in total. The molecule has 3 aromatic rings. The highest BCUT2D eigenvalue weighted by atomic mass is 16.2. The average molecular weight is 457 g/mol. The lowest BCUT2D eigenvalue weighted by molar-refractivity contribution is -0.123. The van der Waals surface area contributed by atoms with Gasteiger partial charge in [0.25, 0.3) is 5.91 Å². The van der Waals surface area contributed by atoms with Crippen LogP contribution < -0.4 is 15.5 Å². The number of hydrogen-bond acceptors (Lipinski definition) is 7. The predicted octanol–water partition coefficient (Wildman–Crippen LogP) is 3.17. The fourth-order valence-electron chi connectivity index (χ4n) is 4.47. The van der Waals surface area contributed by atoms with Gasteiger partial charge in [0.2, 0.25) is 5.91 Å². The molecular weight excluding hydrogens is 432 g/mol. The second-order valence-electron chi connectivity index (χ2n) is 8.83. The first kappa shape index (κ1) is 21.6. The van der Waals surface area contributed by atoms with Crippen molar-refractivity contribution >= 4 is 34.8 Å². The van der Waals surface area contributed by atoms with Crippen molar-refractivity contribution in [2.45, 2.75) is 26.2 Å². The Kier molecular flexibility index (Phi) is 5.24. The van der Waals surface area contributed by atoms with Crippen LogP contribution in [0.1, 0.15) is 35.2 Å². The number of anilines is 4. The molecule has 0 bridgehead atoms. The Morgan fingerprint density at radius 3 is 2.71 bits per heavy atom. The molecule has 3 aromatic heterocycles. The Hall–Kier alpha value is -4.26. The largest absolute Gasteiger partial charge is 0.325 e. The van der Waals surface area contributed by atoms with Crippen LogP contribution in [-0.2, 0) is 11.8 Å². The minimum absolute atomic E-state index is 0.118. The van der Waals surface area contributed by atoms with Gasteiger partial charge in [0.05, 0.1) is 23.5 Å². The fraction of sp³-hybridized carbons (Fsp3) is 0.333. The number of amides is 2. The standard InChI is InChI=1S/C24H24N8O2/c1-15-9-20(27-12-19(15)22(33)29-17-11-28-31(2)13-17)30-21-10-18(5-7-26-21)32-8-6-24(14-25,23(32)34)16-3-4-16/h5,7,9-13,16H,3-4,6,8H2,1-2H3,(H,29,33)(H,26,27,30)/t24-/m1/s1. The monoisotopic (exact) mass is 456 g/mol. The molecule has 1 saturated heterocycles. The van der Waals surface area contributed by atoms with Crippen molar-refractivity contribution in [3.05, 3.63) is 54.1 Å². The molecule has 2 fully saturated rings. The number of nitrogens with zero attached hydrogens (tertiary/aromatic N) is 6. The first-order valence-corrected chi connectivity index (χ1v) is 11.1. The number of nitriles is 1. The number of aromatic nitrogens is 4. The normalized spacial score (nSPS) is 19.7. The number of hydrogen-bond donors (Lipinski definition) is 2. The van der Waals surface area contributed by atoms with Gasteiger partial charge in [0.1, 0.15) is 17.1 Å². The second kappa shape index (κ2) is 8.26. The van der Waals surface area contributed by atoms with Gasteiger partial charge in [-0.05, 0) is 49.8 Å². The molecule has 2 aliphatic rings. The molecule has 0 spiro atoms. The molecule has 0 aromatic carbocycles. The first-order valence-electron chi connectivity index (χ1n) is 11.1. The Balaban J connectivity index is 1.30. The van der Waals surface area contributed by atoms with E-state index >= 15 is 0 Å². The zero-order valence-corrected chi connectivity index (χ0v) is 18.9. The van der Waals surface area contributed by atoms with Crippen LogP contribution in [0.15, 0.2) is 43.0 Å². The molecule has 5 rings (SSSR count). The van der Waals surface area contributed by atoms with Crippen LogP contribution in [0, 0.1) is 29.6 Å². The van der Waals surface area contributed by atoms with Crippen molar-refractivity contribution < 1.29 is 9.59 Å². The summed E-state index contributed by atoms with van der Waals surface area (Å²) in [6, 6.07) is 7.62. The van der Waals surface area contributed by atoms with Crippen molar-refractivity contribution in [2.24, 2.45) is 18.4 Å². The number of nitrogens with one attached hydrogen (secondary N) is 2. The highest BCUT2D eigenvalue weighted by Crippen LogP contribution is 2.51. The molecule has 34 heavy (non-hydrogen) atoms. The summed E-state index contributed by atoms with van der Waals surface area (Å²) in [4.78, 5) is 36.1. The fourth-order valence-corrected chi connectivity index (χ4v) is 4.47. The second-order valence-corrected chi connectivity index (χ2v) is 8.83. The van der Waals surface area contributed by atoms with E-state index in [1.807, 2.05) is 6.92 Å². The lowest BCUT2D eigenvalue weighted by Crippen LogP contribution is -2.35. The Bertz CT molecular complexity index is 1320. The van der Waals surface area contributed by atoms with Crippen LogP contribution in [0.2, 0.25) is 0 Å². The van der Waals surface area contributed by atoms with Gasteiger partial charge in [-0.2, -0.15) is 10.4 Å². The molecular formula is C24H24N8O2. The van der Waals surface area contributed by atoms with Gasteiger partial charge in [0.15, 0.2) is 0 Å². The van der Waals surface area contributed by atoms with Crippen molar-refractivity contribution in [2.75, 3.05) is 22.1 Å². The van der Waals surface area contributed by atoms with E-state index in [9.17, 15) is 14.9 Å². The molecule has 0 radical (unpaired) electrons. The van der Waals surface area contributed by atoms with Gasteiger partial charge in [-0.15, -0.1) is 0 Å². The molecule has 10 heteroatoms. The molecule has 2 amide bonds. The van der Waals surface area contributed by atoms with Crippen molar-refractivity contribution in [1.29, 1.82) is 5.26 Å². The lowest BCUT2D eigenvalue weighted by Gasteiger charge is -2.21. The van der Waals surface area contributed by atoms with E-state index in [4.69, 9.17) is 0 Å². The topological polar surface area (TPSA) is 129 Å². The molecule has 0 unspecified atom stereocenters. The quantitative estimate of drug-likeness (QED) is 0.583. The molecule has 1 aliphatic heterocycles. The highest BCUT2D eigenvalue weighted by Gasteiger charge is 2.56. The van der Waals surface area contributed by atoms with E-state index in [-0.39, 0.29) is 17.7 Å². The summed E-state index contributed by atoms with van der Waals surface area (Å²) in [6.07, 6.45) is 8.86. The van der Waals surface area contributed by atoms with Crippen molar-refractivity contribution in [3.63, 3.8) is 0 Å². The summed E-state index contributed by atoms with van der Waals surface area (Å²) in [6.45, 7) is 2.35. The maximum absolute atomic E-state index is 13.1. The number of rotatable bonds is 6. The van der Waals surface area contributed by atoms with Gasteiger partial charge in [-0.25, -0.2) is 9.97 Å². The van der Waals surface area contributed by atoms with Crippen LogP contribution in [0.25, 0.3) is 0 Å².